The van der Waals surface area contributed by atoms with Crippen molar-refractivity contribution in [3.63, 3.8) is 0 Å². The lowest BCUT2D eigenvalue weighted by molar-refractivity contribution is -0.121. The molecule has 6 heteroatoms. The van der Waals surface area contributed by atoms with Gasteiger partial charge < -0.3 is 15.8 Å². The summed E-state index contributed by atoms with van der Waals surface area (Å²) in [6.45, 7) is 3.53. The van der Waals surface area contributed by atoms with E-state index in [4.69, 9.17) is 10.5 Å². The molecular weight excluding hydrogens is 268 g/mol. The van der Waals surface area contributed by atoms with Crippen LogP contribution >= 0.6 is 0 Å². The van der Waals surface area contributed by atoms with Crippen molar-refractivity contribution in [2.45, 2.75) is 19.9 Å². The predicted molar refractivity (Wildman–Crippen MR) is 80.9 cm³/mol. The summed E-state index contributed by atoms with van der Waals surface area (Å²) >= 11 is 0. The number of nitrogens with one attached hydrogen (secondary N) is 1. The molecule has 1 amide bonds. The number of aromatic nitrogens is 2. The van der Waals surface area contributed by atoms with Gasteiger partial charge in [0.05, 0.1) is 25.8 Å². The molecule has 21 heavy (non-hydrogen) atoms. The maximum Gasteiger partial charge on any atom is 0.223 e. The third kappa shape index (κ3) is 5.18. The van der Waals surface area contributed by atoms with Crippen LogP contribution < -0.4 is 15.8 Å². The topological polar surface area (TPSA) is 82.2 Å². The molecule has 3 N–H and O–H groups in total. The Bertz CT molecular complexity index is 595. The van der Waals surface area contributed by atoms with Crippen LogP contribution in [-0.2, 0) is 11.3 Å². The zero-order valence-corrected chi connectivity index (χ0v) is 12.1. The molecule has 0 saturated carbocycles. The minimum absolute atomic E-state index is 0.0391. The maximum absolute atomic E-state index is 11.7. The molecule has 2 rings (SSSR count). The highest BCUT2D eigenvalue weighted by Gasteiger charge is 2.02. The van der Waals surface area contributed by atoms with E-state index in [2.05, 4.69) is 10.4 Å². The second-order valence-corrected chi connectivity index (χ2v) is 4.80. The van der Waals surface area contributed by atoms with Crippen molar-refractivity contribution in [1.82, 2.24) is 15.1 Å². The fraction of sp³-hybridized carbons (Fsp3) is 0.333. The van der Waals surface area contributed by atoms with Gasteiger partial charge >= 0.3 is 0 Å². The molecule has 1 heterocycles. The van der Waals surface area contributed by atoms with Crippen LogP contribution in [0, 0.1) is 6.92 Å². The molecule has 0 unspecified atom stereocenters. The Labute approximate surface area is 123 Å². The average Bonchev–Trinajstić information content (AvgIpc) is 2.84. The lowest BCUT2D eigenvalue weighted by Crippen LogP contribution is -2.28. The quantitative estimate of drug-likeness (QED) is 0.754. The van der Waals surface area contributed by atoms with Crippen molar-refractivity contribution in [3.8, 4) is 5.75 Å². The lowest BCUT2D eigenvalue weighted by atomic mass is 10.3. The van der Waals surface area contributed by atoms with Crippen LogP contribution in [0.1, 0.15) is 12.0 Å². The summed E-state index contributed by atoms with van der Waals surface area (Å²) in [6.07, 6.45) is 4.04. The molecule has 0 fully saturated rings. The number of amides is 1. The summed E-state index contributed by atoms with van der Waals surface area (Å²) in [5.74, 6) is 0.637. The third-order valence-corrected chi connectivity index (χ3v) is 2.88. The van der Waals surface area contributed by atoms with Gasteiger partial charge in [-0.1, -0.05) is 6.07 Å². The predicted octanol–water partition coefficient (Wildman–Crippen LogP) is 1.36. The summed E-state index contributed by atoms with van der Waals surface area (Å²) in [5.41, 5.74) is 7.40. The first-order valence-corrected chi connectivity index (χ1v) is 6.87. The second kappa shape index (κ2) is 7.33. The highest BCUT2D eigenvalue weighted by molar-refractivity contribution is 5.75. The van der Waals surface area contributed by atoms with Crippen LogP contribution in [0.4, 0.5) is 5.69 Å². The molecule has 0 bridgehead atoms. The maximum atomic E-state index is 11.7. The first kappa shape index (κ1) is 14.9. The highest BCUT2D eigenvalue weighted by Crippen LogP contribution is 2.14. The number of anilines is 1. The van der Waals surface area contributed by atoms with Gasteiger partial charge in [-0.2, -0.15) is 5.10 Å². The number of nitrogen functional groups attached to an aromatic ring is 1. The number of nitrogens with two attached hydrogens (primary N) is 1. The molecule has 2 aromatic rings. The summed E-state index contributed by atoms with van der Waals surface area (Å²) < 4.78 is 7.27. The number of rotatable bonds is 7. The Balaban J connectivity index is 1.61. The molecule has 0 aliphatic rings. The van der Waals surface area contributed by atoms with Gasteiger partial charge in [-0.15, -0.1) is 0 Å². The van der Waals surface area contributed by atoms with Crippen molar-refractivity contribution in [2.75, 3.05) is 18.9 Å². The Kier molecular flexibility index (Phi) is 5.20. The molecule has 0 aliphatic carbocycles. The minimum atomic E-state index is -0.0391. The van der Waals surface area contributed by atoms with E-state index in [0.717, 1.165) is 5.56 Å². The molecule has 6 nitrogen and oxygen atoms in total. The van der Waals surface area contributed by atoms with Crippen LogP contribution in [-0.4, -0.2) is 28.8 Å². The van der Waals surface area contributed by atoms with Gasteiger partial charge in [0.15, 0.2) is 0 Å². The molecule has 0 spiro atoms. The number of benzene rings is 1. The Morgan fingerprint density at radius 3 is 3.05 bits per heavy atom. The van der Waals surface area contributed by atoms with Gasteiger partial charge in [0.2, 0.25) is 5.91 Å². The fourth-order valence-corrected chi connectivity index (χ4v) is 1.85. The van der Waals surface area contributed by atoms with Gasteiger partial charge in [0.1, 0.15) is 5.75 Å². The van der Waals surface area contributed by atoms with Gasteiger partial charge in [-0.05, 0) is 24.6 Å². The second-order valence-electron chi connectivity index (χ2n) is 4.80. The van der Waals surface area contributed by atoms with Crippen LogP contribution in [0.15, 0.2) is 36.7 Å². The zero-order valence-electron chi connectivity index (χ0n) is 12.1. The molecule has 1 aromatic heterocycles. The van der Waals surface area contributed by atoms with E-state index in [-0.39, 0.29) is 5.91 Å². The van der Waals surface area contributed by atoms with Crippen molar-refractivity contribution in [3.05, 3.63) is 42.2 Å². The lowest BCUT2D eigenvalue weighted by Gasteiger charge is -2.08. The van der Waals surface area contributed by atoms with Crippen LogP contribution in [0.25, 0.3) is 0 Å². The fourth-order valence-electron chi connectivity index (χ4n) is 1.85. The van der Waals surface area contributed by atoms with Crippen molar-refractivity contribution < 1.29 is 9.53 Å². The van der Waals surface area contributed by atoms with E-state index < -0.39 is 0 Å². The van der Waals surface area contributed by atoms with Gasteiger partial charge in [0, 0.05) is 24.5 Å². The van der Waals surface area contributed by atoms with Crippen LogP contribution in [0.2, 0.25) is 0 Å². The van der Waals surface area contributed by atoms with Gasteiger partial charge in [0.25, 0.3) is 0 Å². The van der Waals surface area contributed by atoms with Crippen molar-refractivity contribution in [2.24, 2.45) is 0 Å². The molecule has 0 atom stereocenters. The first-order chi connectivity index (χ1) is 10.1. The molecule has 0 radical (unpaired) electrons. The minimum Gasteiger partial charge on any atom is -0.493 e. The Hall–Kier alpha value is -2.50. The van der Waals surface area contributed by atoms with Crippen LogP contribution in [0.5, 0.6) is 5.75 Å². The zero-order chi connectivity index (χ0) is 15.1. The van der Waals surface area contributed by atoms with Crippen molar-refractivity contribution >= 4 is 11.6 Å². The molecular formula is C15H20N4O2. The van der Waals surface area contributed by atoms with E-state index in [1.807, 2.05) is 25.3 Å². The summed E-state index contributed by atoms with van der Waals surface area (Å²) in [4.78, 5) is 11.7. The van der Waals surface area contributed by atoms with Crippen molar-refractivity contribution in [1.29, 1.82) is 0 Å². The first-order valence-electron chi connectivity index (χ1n) is 6.87. The van der Waals surface area contributed by atoms with E-state index >= 15 is 0 Å². The number of ether oxygens (including phenoxy) is 1. The van der Waals surface area contributed by atoms with Crippen LogP contribution in [0.3, 0.4) is 0 Å². The number of carbonyl (C=O) groups excluding carboxylic acids is 1. The van der Waals surface area contributed by atoms with E-state index in [9.17, 15) is 4.79 Å². The molecule has 1 aromatic carbocycles. The van der Waals surface area contributed by atoms with Gasteiger partial charge in [-0.3, -0.25) is 9.48 Å². The van der Waals surface area contributed by atoms with Gasteiger partial charge in [-0.25, -0.2) is 0 Å². The van der Waals surface area contributed by atoms with E-state index in [1.54, 1.807) is 23.0 Å². The summed E-state index contributed by atoms with van der Waals surface area (Å²) in [6, 6.07) is 7.15. The normalized spacial score (nSPS) is 10.3. The Morgan fingerprint density at radius 1 is 1.48 bits per heavy atom. The number of aryl methyl sites for hydroxylation is 1. The van der Waals surface area contributed by atoms with E-state index in [0.29, 0.717) is 37.6 Å². The average molecular weight is 288 g/mol. The highest BCUT2D eigenvalue weighted by atomic mass is 16.5. The molecule has 0 aliphatic heterocycles. The Morgan fingerprint density at radius 2 is 2.33 bits per heavy atom. The molecule has 0 saturated heterocycles. The number of hydrogen-bond acceptors (Lipinski definition) is 4. The standard InChI is InChI=1S/C15H20N4O2/c1-12-10-18-19(11-12)7-6-17-15(20)5-8-21-14-4-2-3-13(16)9-14/h2-4,9-11H,5-8,16H2,1H3,(H,17,20). The SMILES string of the molecule is Cc1cnn(CCNC(=O)CCOc2cccc(N)c2)c1. The monoisotopic (exact) mass is 288 g/mol. The number of nitrogens with zero attached hydrogens (tertiary/aromatic N) is 2. The molecule has 112 valence electrons. The summed E-state index contributed by atoms with van der Waals surface area (Å²) in [7, 11) is 0. The third-order valence-electron chi connectivity index (χ3n) is 2.88. The van der Waals surface area contributed by atoms with E-state index in [1.165, 1.54) is 0 Å². The smallest absolute Gasteiger partial charge is 0.223 e. The number of carbonyl (C=O) groups is 1. The number of hydrogen-bond donors (Lipinski definition) is 2. The largest absolute Gasteiger partial charge is 0.493 e. The summed E-state index contributed by atoms with van der Waals surface area (Å²) in [5, 5.41) is 6.99.